The molecule has 0 bridgehead atoms. The molecule has 2 N–H and O–H groups in total. The first-order valence-electron chi connectivity index (χ1n) is 7.54. The minimum atomic E-state index is 0.0758. The van der Waals surface area contributed by atoms with E-state index in [1.807, 2.05) is 12.1 Å². The van der Waals surface area contributed by atoms with Crippen LogP contribution in [0.5, 0.6) is 0 Å². The first-order valence-corrected chi connectivity index (χ1v) is 7.54. The molecule has 0 spiro atoms. The van der Waals surface area contributed by atoms with Crippen molar-refractivity contribution in [1.82, 2.24) is 5.32 Å². The molecule has 0 heterocycles. The predicted molar refractivity (Wildman–Crippen MR) is 87.8 cm³/mol. The van der Waals surface area contributed by atoms with Crippen LogP contribution in [0, 0.1) is 0 Å². The highest BCUT2D eigenvalue weighted by Crippen LogP contribution is 2.29. The highest BCUT2D eigenvalue weighted by Gasteiger charge is 2.17. The number of methoxy groups -OCH3 is 1. The molecule has 21 heavy (non-hydrogen) atoms. The molecule has 4 heteroatoms. The van der Waals surface area contributed by atoms with Crippen molar-refractivity contribution >= 4 is 11.6 Å². The lowest BCUT2D eigenvalue weighted by atomic mass is 9.86. The van der Waals surface area contributed by atoms with Crippen LogP contribution >= 0.6 is 0 Å². The summed E-state index contributed by atoms with van der Waals surface area (Å²) in [5.74, 6) is 0.0758. The molecule has 0 aliphatic heterocycles. The van der Waals surface area contributed by atoms with Crippen molar-refractivity contribution in [2.24, 2.45) is 0 Å². The summed E-state index contributed by atoms with van der Waals surface area (Å²) >= 11 is 0. The van der Waals surface area contributed by atoms with Crippen molar-refractivity contribution in [3.8, 4) is 0 Å². The fourth-order valence-electron chi connectivity index (χ4n) is 2.13. The molecule has 0 radical (unpaired) electrons. The van der Waals surface area contributed by atoms with Gasteiger partial charge in [-0.05, 0) is 23.5 Å². The smallest absolute Gasteiger partial charge is 0.221 e. The second-order valence-corrected chi connectivity index (χ2v) is 6.17. The van der Waals surface area contributed by atoms with Crippen LogP contribution < -0.4 is 10.6 Å². The Kier molecular flexibility index (Phi) is 7.23. The van der Waals surface area contributed by atoms with Crippen LogP contribution in [-0.2, 0) is 14.9 Å². The Morgan fingerprint density at radius 3 is 2.57 bits per heavy atom. The second kappa shape index (κ2) is 8.67. The van der Waals surface area contributed by atoms with Crippen LogP contribution in [0.3, 0.4) is 0 Å². The average Bonchev–Trinajstić information content (AvgIpc) is 2.43. The quantitative estimate of drug-likeness (QED) is 0.724. The lowest BCUT2D eigenvalue weighted by Gasteiger charge is -2.23. The van der Waals surface area contributed by atoms with Gasteiger partial charge in [0.25, 0.3) is 0 Å². The van der Waals surface area contributed by atoms with Gasteiger partial charge in [-0.2, -0.15) is 0 Å². The molecule has 0 atom stereocenters. The summed E-state index contributed by atoms with van der Waals surface area (Å²) in [6, 6.07) is 8.26. The summed E-state index contributed by atoms with van der Waals surface area (Å²) in [6.45, 7) is 8.56. The molecule has 0 saturated carbocycles. The summed E-state index contributed by atoms with van der Waals surface area (Å²) in [4.78, 5) is 11.7. The van der Waals surface area contributed by atoms with Crippen molar-refractivity contribution in [3.63, 3.8) is 0 Å². The highest BCUT2D eigenvalue weighted by atomic mass is 16.5. The molecule has 1 rings (SSSR count). The third-order valence-corrected chi connectivity index (χ3v) is 3.25. The van der Waals surface area contributed by atoms with E-state index in [-0.39, 0.29) is 11.3 Å². The number of amides is 1. The van der Waals surface area contributed by atoms with Gasteiger partial charge in [-0.1, -0.05) is 39.0 Å². The van der Waals surface area contributed by atoms with Gasteiger partial charge in [0.1, 0.15) is 0 Å². The van der Waals surface area contributed by atoms with Crippen LogP contribution in [0.1, 0.15) is 39.2 Å². The zero-order chi connectivity index (χ0) is 15.7. The third kappa shape index (κ3) is 6.63. The minimum absolute atomic E-state index is 0.0758. The topological polar surface area (TPSA) is 50.4 Å². The maximum absolute atomic E-state index is 11.7. The van der Waals surface area contributed by atoms with Gasteiger partial charge in [-0.3, -0.25) is 4.79 Å². The van der Waals surface area contributed by atoms with Crippen molar-refractivity contribution < 1.29 is 9.53 Å². The summed E-state index contributed by atoms with van der Waals surface area (Å²) < 4.78 is 4.94. The molecular formula is C17H28N2O2. The van der Waals surface area contributed by atoms with E-state index in [2.05, 4.69) is 43.5 Å². The number of carbonyl (C=O) groups is 1. The van der Waals surface area contributed by atoms with Crippen LogP contribution in [0.2, 0.25) is 0 Å². The van der Waals surface area contributed by atoms with Crippen LogP contribution in [0.25, 0.3) is 0 Å². The molecule has 1 amide bonds. The van der Waals surface area contributed by atoms with E-state index in [1.165, 1.54) is 5.56 Å². The number of carbonyl (C=O) groups excluding carboxylic acids is 1. The number of hydrogen-bond acceptors (Lipinski definition) is 3. The standard InChI is InChI=1S/C17H28N2O2/c1-17(2,3)14-8-5-6-9-15(14)18-12-10-16(20)19-11-7-13-21-4/h5-6,8-9,18H,7,10-13H2,1-4H3,(H,19,20). The number of benzene rings is 1. The number of nitrogens with one attached hydrogen (secondary N) is 2. The Morgan fingerprint density at radius 2 is 1.90 bits per heavy atom. The van der Waals surface area contributed by atoms with Crippen molar-refractivity contribution in [3.05, 3.63) is 29.8 Å². The Morgan fingerprint density at radius 1 is 1.19 bits per heavy atom. The van der Waals surface area contributed by atoms with E-state index in [4.69, 9.17) is 4.74 Å². The van der Waals surface area contributed by atoms with E-state index in [1.54, 1.807) is 7.11 Å². The molecule has 4 nitrogen and oxygen atoms in total. The zero-order valence-corrected chi connectivity index (χ0v) is 13.7. The normalized spacial score (nSPS) is 11.2. The largest absolute Gasteiger partial charge is 0.385 e. The van der Waals surface area contributed by atoms with Gasteiger partial charge < -0.3 is 15.4 Å². The van der Waals surface area contributed by atoms with E-state index in [0.717, 1.165) is 12.1 Å². The number of rotatable bonds is 8. The lowest BCUT2D eigenvalue weighted by Crippen LogP contribution is -2.27. The number of ether oxygens (including phenoxy) is 1. The summed E-state index contributed by atoms with van der Waals surface area (Å²) in [5, 5.41) is 6.26. The van der Waals surface area contributed by atoms with Crippen LogP contribution in [-0.4, -0.2) is 32.7 Å². The van der Waals surface area contributed by atoms with Crippen LogP contribution in [0.4, 0.5) is 5.69 Å². The molecule has 0 unspecified atom stereocenters. The third-order valence-electron chi connectivity index (χ3n) is 3.25. The second-order valence-electron chi connectivity index (χ2n) is 6.17. The Labute approximate surface area is 128 Å². The van der Waals surface area contributed by atoms with Crippen molar-refractivity contribution in [1.29, 1.82) is 0 Å². The first-order chi connectivity index (χ1) is 9.95. The number of hydrogen-bond donors (Lipinski definition) is 2. The Balaban J connectivity index is 2.38. The van der Waals surface area contributed by atoms with Gasteiger partial charge in [0.05, 0.1) is 0 Å². The van der Waals surface area contributed by atoms with Gasteiger partial charge in [0.15, 0.2) is 0 Å². The molecule has 1 aromatic carbocycles. The summed E-state index contributed by atoms with van der Waals surface area (Å²) in [5.41, 5.74) is 2.47. The lowest BCUT2D eigenvalue weighted by molar-refractivity contribution is -0.120. The Hall–Kier alpha value is -1.55. The van der Waals surface area contributed by atoms with Crippen LogP contribution in [0.15, 0.2) is 24.3 Å². The van der Waals surface area contributed by atoms with Gasteiger partial charge in [-0.25, -0.2) is 0 Å². The van der Waals surface area contributed by atoms with Crippen molar-refractivity contribution in [2.45, 2.75) is 39.0 Å². The molecule has 1 aromatic rings. The fraction of sp³-hybridized carbons (Fsp3) is 0.588. The first kappa shape index (κ1) is 17.5. The van der Waals surface area contributed by atoms with E-state index in [0.29, 0.717) is 26.1 Å². The molecule has 118 valence electrons. The van der Waals surface area contributed by atoms with Gasteiger partial charge >= 0.3 is 0 Å². The SMILES string of the molecule is COCCCNC(=O)CCNc1ccccc1C(C)(C)C. The Bertz CT molecular complexity index is 439. The predicted octanol–water partition coefficient (Wildman–Crippen LogP) is 2.94. The fourth-order valence-corrected chi connectivity index (χ4v) is 2.13. The van der Waals surface area contributed by atoms with Gasteiger partial charge in [0, 0.05) is 38.9 Å². The molecule has 0 aliphatic rings. The zero-order valence-electron chi connectivity index (χ0n) is 13.7. The maximum atomic E-state index is 11.7. The molecular weight excluding hydrogens is 264 g/mol. The monoisotopic (exact) mass is 292 g/mol. The molecule has 0 aliphatic carbocycles. The van der Waals surface area contributed by atoms with Gasteiger partial charge in [-0.15, -0.1) is 0 Å². The number of para-hydroxylation sites is 1. The molecule has 0 fully saturated rings. The van der Waals surface area contributed by atoms with E-state index >= 15 is 0 Å². The van der Waals surface area contributed by atoms with Gasteiger partial charge in [0.2, 0.25) is 5.91 Å². The minimum Gasteiger partial charge on any atom is -0.385 e. The van der Waals surface area contributed by atoms with E-state index < -0.39 is 0 Å². The summed E-state index contributed by atoms with van der Waals surface area (Å²) in [6.07, 6.45) is 1.33. The molecule has 0 saturated heterocycles. The van der Waals surface area contributed by atoms with E-state index in [9.17, 15) is 4.79 Å². The van der Waals surface area contributed by atoms with Crippen molar-refractivity contribution in [2.75, 3.05) is 32.1 Å². The maximum Gasteiger partial charge on any atom is 0.221 e. The average molecular weight is 292 g/mol. The summed E-state index contributed by atoms with van der Waals surface area (Å²) in [7, 11) is 1.67. The highest BCUT2D eigenvalue weighted by molar-refractivity contribution is 5.76. The number of anilines is 1. The molecule has 0 aromatic heterocycles.